The van der Waals surface area contributed by atoms with Crippen LogP contribution >= 0.6 is 0 Å². The zero-order valence-electron chi connectivity index (χ0n) is 9.19. The molecular weight excluding hydrogens is 206 g/mol. The van der Waals surface area contributed by atoms with Crippen LogP contribution in [0.5, 0.6) is 5.75 Å². The fourth-order valence-electron chi connectivity index (χ4n) is 1.17. The third-order valence-electron chi connectivity index (χ3n) is 2.00. The maximum atomic E-state index is 11.2. The Bertz CT molecular complexity index is 300. The van der Waals surface area contributed by atoms with Crippen molar-refractivity contribution in [1.82, 2.24) is 5.32 Å². The molecule has 0 aliphatic carbocycles. The van der Waals surface area contributed by atoms with Gasteiger partial charge in [0.1, 0.15) is 5.75 Å². The van der Waals surface area contributed by atoms with Crippen molar-refractivity contribution in [3.05, 3.63) is 30.3 Å². The van der Waals surface area contributed by atoms with Gasteiger partial charge in [-0.3, -0.25) is 4.79 Å². The number of hydrogen-bond donors (Lipinski definition) is 2. The van der Waals surface area contributed by atoms with E-state index in [1.807, 2.05) is 30.3 Å². The van der Waals surface area contributed by atoms with Gasteiger partial charge in [0.2, 0.25) is 5.91 Å². The van der Waals surface area contributed by atoms with Gasteiger partial charge < -0.3 is 15.2 Å². The van der Waals surface area contributed by atoms with E-state index in [4.69, 9.17) is 9.84 Å². The molecule has 0 radical (unpaired) electrons. The summed E-state index contributed by atoms with van der Waals surface area (Å²) in [4.78, 5) is 11.2. The Balaban J connectivity index is 2.09. The maximum absolute atomic E-state index is 11.2. The minimum absolute atomic E-state index is 0.0515. The van der Waals surface area contributed by atoms with Crippen molar-refractivity contribution in [2.24, 2.45) is 0 Å². The monoisotopic (exact) mass is 223 g/mol. The van der Waals surface area contributed by atoms with Gasteiger partial charge in [0, 0.05) is 13.2 Å². The lowest BCUT2D eigenvalue weighted by molar-refractivity contribution is -0.121. The molecule has 0 bridgehead atoms. The number of aliphatic hydroxyl groups excluding tert-OH is 1. The minimum atomic E-state index is -0.0515. The van der Waals surface area contributed by atoms with Crippen LogP contribution in [0.3, 0.4) is 0 Å². The third kappa shape index (κ3) is 5.36. The first-order chi connectivity index (χ1) is 7.83. The SMILES string of the molecule is O=C(CCOc1ccccc1)NCCCO. The van der Waals surface area contributed by atoms with E-state index in [0.29, 0.717) is 26.0 Å². The second-order valence-corrected chi connectivity index (χ2v) is 3.34. The molecule has 4 nitrogen and oxygen atoms in total. The van der Waals surface area contributed by atoms with Gasteiger partial charge in [0.05, 0.1) is 13.0 Å². The average molecular weight is 223 g/mol. The molecular formula is C12H17NO3. The summed E-state index contributed by atoms with van der Waals surface area (Å²) in [5, 5.41) is 11.2. The molecule has 16 heavy (non-hydrogen) atoms. The maximum Gasteiger partial charge on any atom is 0.223 e. The predicted octanol–water partition coefficient (Wildman–Crippen LogP) is 0.954. The highest BCUT2D eigenvalue weighted by Gasteiger charge is 2.00. The zero-order chi connectivity index (χ0) is 11.6. The Morgan fingerprint density at radius 3 is 2.75 bits per heavy atom. The Labute approximate surface area is 95.2 Å². The normalized spacial score (nSPS) is 9.81. The second kappa shape index (κ2) is 7.70. The molecule has 0 saturated carbocycles. The van der Waals surface area contributed by atoms with Crippen LogP contribution in [-0.4, -0.2) is 30.8 Å². The van der Waals surface area contributed by atoms with E-state index < -0.39 is 0 Å². The summed E-state index contributed by atoms with van der Waals surface area (Å²) in [7, 11) is 0. The highest BCUT2D eigenvalue weighted by Crippen LogP contribution is 2.08. The van der Waals surface area contributed by atoms with Gasteiger partial charge in [-0.1, -0.05) is 18.2 Å². The van der Waals surface area contributed by atoms with E-state index in [0.717, 1.165) is 5.75 Å². The summed E-state index contributed by atoms with van der Waals surface area (Å²) < 4.78 is 5.37. The first-order valence-corrected chi connectivity index (χ1v) is 5.38. The lowest BCUT2D eigenvalue weighted by Gasteiger charge is -2.06. The van der Waals surface area contributed by atoms with E-state index in [9.17, 15) is 4.79 Å². The predicted molar refractivity (Wildman–Crippen MR) is 61.3 cm³/mol. The van der Waals surface area contributed by atoms with Crippen LogP contribution in [-0.2, 0) is 4.79 Å². The van der Waals surface area contributed by atoms with E-state index in [1.165, 1.54) is 0 Å². The summed E-state index contributed by atoms with van der Waals surface area (Å²) in [6, 6.07) is 9.38. The summed E-state index contributed by atoms with van der Waals surface area (Å²) >= 11 is 0. The van der Waals surface area contributed by atoms with Gasteiger partial charge in [-0.2, -0.15) is 0 Å². The number of ether oxygens (including phenoxy) is 1. The highest BCUT2D eigenvalue weighted by atomic mass is 16.5. The van der Waals surface area contributed by atoms with Crippen LogP contribution < -0.4 is 10.1 Å². The van der Waals surface area contributed by atoms with Crippen molar-refractivity contribution >= 4 is 5.91 Å². The number of amides is 1. The Morgan fingerprint density at radius 1 is 1.31 bits per heavy atom. The second-order valence-electron chi connectivity index (χ2n) is 3.34. The number of carbonyl (C=O) groups excluding carboxylic acids is 1. The van der Waals surface area contributed by atoms with Gasteiger partial charge >= 0.3 is 0 Å². The fraction of sp³-hybridized carbons (Fsp3) is 0.417. The number of rotatable bonds is 7. The van der Waals surface area contributed by atoms with E-state index >= 15 is 0 Å². The number of aliphatic hydroxyl groups is 1. The molecule has 0 heterocycles. The molecule has 1 aromatic rings. The standard InChI is InChI=1S/C12H17NO3/c14-9-4-8-13-12(15)7-10-16-11-5-2-1-3-6-11/h1-3,5-6,14H,4,7-10H2,(H,13,15). The van der Waals surface area contributed by atoms with E-state index in [-0.39, 0.29) is 12.5 Å². The smallest absolute Gasteiger partial charge is 0.223 e. The van der Waals surface area contributed by atoms with Gasteiger partial charge in [-0.25, -0.2) is 0 Å². The molecule has 0 aliphatic rings. The van der Waals surface area contributed by atoms with Gasteiger partial charge in [0.25, 0.3) is 0 Å². The molecule has 0 aromatic heterocycles. The first kappa shape index (κ1) is 12.5. The number of carbonyl (C=O) groups is 1. The summed E-state index contributed by atoms with van der Waals surface area (Å²) in [6.07, 6.45) is 0.922. The molecule has 0 fully saturated rings. The molecule has 2 N–H and O–H groups in total. The lowest BCUT2D eigenvalue weighted by atomic mass is 10.3. The van der Waals surface area contributed by atoms with Crippen molar-refractivity contribution in [3.8, 4) is 5.75 Å². The third-order valence-corrected chi connectivity index (χ3v) is 2.00. The van der Waals surface area contributed by atoms with Crippen LogP contribution in [0.1, 0.15) is 12.8 Å². The van der Waals surface area contributed by atoms with Crippen molar-refractivity contribution in [1.29, 1.82) is 0 Å². The van der Waals surface area contributed by atoms with Gasteiger partial charge in [0.15, 0.2) is 0 Å². The molecule has 0 aliphatic heterocycles. The van der Waals surface area contributed by atoms with Crippen LogP contribution in [0.4, 0.5) is 0 Å². The van der Waals surface area contributed by atoms with Gasteiger partial charge in [-0.05, 0) is 18.6 Å². The topological polar surface area (TPSA) is 58.6 Å². The van der Waals surface area contributed by atoms with Crippen molar-refractivity contribution in [2.75, 3.05) is 19.8 Å². The van der Waals surface area contributed by atoms with Crippen LogP contribution in [0.25, 0.3) is 0 Å². The number of para-hydroxylation sites is 1. The minimum Gasteiger partial charge on any atom is -0.493 e. The molecule has 1 amide bonds. The number of nitrogens with one attached hydrogen (secondary N) is 1. The van der Waals surface area contributed by atoms with E-state index in [2.05, 4.69) is 5.32 Å². The van der Waals surface area contributed by atoms with Crippen LogP contribution in [0.15, 0.2) is 30.3 Å². The first-order valence-electron chi connectivity index (χ1n) is 5.38. The quantitative estimate of drug-likeness (QED) is 0.677. The largest absolute Gasteiger partial charge is 0.493 e. The van der Waals surface area contributed by atoms with Crippen molar-refractivity contribution in [2.45, 2.75) is 12.8 Å². The molecule has 4 heteroatoms. The van der Waals surface area contributed by atoms with Crippen molar-refractivity contribution < 1.29 is 14.6 Å². The number of hydrogen-bond acceptors (Lipinski definition) is 3. The average Bonchev–Trinajstić information content (AvgIpc) is 2.31. The molecule has 88 valence electrons. The fourth-order valence-corrected chi connectivity index (χ4v) is 1.17. The summed E-state index contributed by atoms with van der Waals surface area (Å²) in [5.74, 6) is 0.718. The van der Waals surface area contributed by atoms with Crippen LogP contribution in [0.2, 0.25) is 0 Å². The molecule has 0 saturated heterocycles. The highest BCUT2D eigenvalue weighted by molar-refractivity contribution is 5.75. The lowest BCUT2D eigenvalue weighted by Crippen LogP contribution is -2.26. The summed E-state index contributed by atoms with van der Waals surface area (Å²) in [6.45, 7) is 0.983. The molecule has 1 rings (SSSR count). The van der Waals surface area contributed by atoms with Crippen molar-refractivity contribution in [3.63, 3.8) is 0 Å². The zero-order valence-corrected chi connectivity index (χ0v) is 9.19. The van der Waals surface area contributed by atoms with Gasteiger partial charge in [-0.15, -0.1) is 0 Å². The molecule has 1 aromatic carbocycles. The summed E-state index contributed by atoms with van der Waals surface area (Å²) in [5.41, 5.74) is 0. The molecule has 0 spiro atoms. The molecule has 0 unspecified atom stereocenters. The number of benzene rings is 1. The van der Waals surface area contributed by atoms with Crippen LogP contribution in [0, 0.1) is 0 Å². The van der Waals surface area contributed by atoms with E-state index in [1.54, 1.807) is 0 Å². The Kier molecular flexibility index (Phi) is 6.03. The Morgan fingerprint density at radius 2 is 2.06 bits per heavy atom. The molecule has 0 atom stereocenters. The Hall–Kier alpha value is -1.55.